The van der Waals surface area contributed by atoms with Crippen molar-refractivity contribution in [1.82, 2.24) is 0 Å². The SMILES string of the molecule is C.C.C.C.C.C.C.CC(C)(C(F)(F)F)C(F)(F)F.CC(C)(C)C.COS(C)=O.Cc1cc(C)cc(C(C)(C)C)c1.Cc1cc[c-]cc1.Cc1cc[c-]cc1.Cc1ccc(-c2ccc(C)cc2)cc1.Cc1ccc(C)cc1.Cc1ccc2cc(C)ccc2c1.Cc1cccc(C)c1.[Y]. The summed E-state index contributed by atoms with van der Waals surface area (Å²) >= 11 is -1.07. The van der Waals surface area contributed by atoms with Crippen LogP contribution >= 0.6 is 0 Å². The van der Waals surface area contributed by atoms with Crippen LogP contribution in [-0.2, 0) is 53.4 Å². The van der Waals surface area contributed by atoms with Crippen LogP contribution in [0.15, 0.2) is 200 Å². The molecule has 1 radical (unpaired) electrons. The third-order valence-electron chi connectivity index (χ3n) is 12.5. The van der Waals surface area contributed by atoms with E-state index in [1.807, 2.05) is 48.5 Å². The Morgan fingerprint density at radius 3 is 0.732 bits per heavy atom. The molecule has 0 N–H and O–H groups in total. The van der Waals surface area contributed by atoms with Crippen LogP contribution in [0.1, 0.15) is 187 Å². The Morgan fingerprint density at radius 2 is 0.546 bits per heavy atom. The first-order valence-electron chi connectivity index (χ1n) is 29.7. The van der Waals surface area contributed by atoms with E-state index in [2.05, 4.69) is 300 Å². The van der Waals surface area contributed by atoms with Crippen molar-refractivity contribution in [3.63, 3.8) is 0 Å². The van der Waals surface area contributed by atoms with Gasteiger partial charge in [0.2, 0.25) is 0 Å². The monoisotopic (exact) mass is 1440 g/mol. The van der Waals surface area contributed by atoms with Crippen LogP contribution in [0.25, 0.3) is 21.9 Å². The van der Waals surface area contributed by atoms with Crippen LogP contribution in [0.3, 0.4) is 0 Å². The van der Waals surface area contributed by atoms with Crippen LogP contribution < -0.4 is 0 Å². The van der Waals surface area contributed by atoms with E-state index in [-0.39, 0.29) is 104 Å². The fourth-order valence-corrected chi connectivity index (χ4v) is 6.93. The van der Waals surface area contributed by atoms with Crippen molar-refractivity contribution in [3.05, 3.63) is 285 Å². The molecule has 0 saturated heterocycles. The van der Waals surface area contributed by atoms with Crippen molar-refractivity contribution < 1.29 is 67.4 Å². The molecule has 9 aromatic rings. The number of fused-ring (bicyclic) bond motifs is 1. The molecule has 2 nitrogen and oxygen atoms in total. The Kier molecular flexibility index (Phi) is 62.0. The molecule has 0 aromatic heterocycles. The van der Waals surface area contributed by atoms with Gasteiger partial charge in [-0.1, -0.05) is 322 Å². The number of benzene rings is 9. The fourth-order valence-electron chi connectivity index (χ4n) is 6.93. The molecule has 9 rings (SSSR count). The van der Waals surface area contributed by atoms with Crippen molar-refractivity contribution in [2.75, 3.05) is 13.4 Å². The molecular weight excluding hydrogens is 1310 g/mol. The van der Waals surface area contributed by atoms with E-state index in [0.717, 1.165) is 0 Å². The summed E-state index contributed by atoms with van der Waals surface area (Å²) in [5, 5.41) is 2.67. The molecule has 0 amide bonds. The van der Waals surface area contributed by atoms with Crippen molar-refractivity contribution in [2.24, 2.45) is 10.8 Å². The minimum Gasteiger partial charge on any atom is -0.294 e. The van der Waals surface area contributed by atoms with Gasteiger partial charge in [0.15, 0.2) is 16.5 Å². The molecular formula is C87H130F6O2SY-2. The van der Waals surface area contributed by atoms with E-state index >= 15 is 0 Å². The number of alkyl halides is 6. The summed E-state index contributed by atoms with van der Waals surface area (Å²) in [6, 6.07) is 75.7. The molecule has 97 heavy (non-hydrogen) atoms. The van der Waals surface area contributed by atoms with Gasteiger partial charge < -0.3 is 0 Å². The Bertz CT molecular complexity index is 3160. The molecule has 0 aliphatic heterocycles. The topological polar surface area (TPSA) is 26.3 Å². The number of halogens is 6. The number of hydrogen-bond donors (Lipinski definition) is 0. The van der Waals surface area contributed by atoms with E-state index in [9.17, 15) is 30.6 Å². The second-order valence-electron chi connectivity index (χ2n) is 25.4. The van der Waals surface area contributed by atoms with Gasteiger partial charge in [0.1, 0.15) is 0 Å². The summed E-state index contributed by atoms with van der Waals surface area (Å²) in [5.41, 5.74) is 17.1. The minimum atomic E-state index is -5.24. The summed E-state index contributed by atoms with van der Waals surface area (Å²) in [6.07, 6.45) is -9.02. The van der Waals surface area contributed by atoms with Gasteiger partial charge >= 0.3 is 12.4 Å². The first-order chi connectivity index (χ1) is 41.0. The van der Waals surface area contributed by atoms with Crippen LogP contribution in [0.2, 0.25) is 0 Å². The van der Waals surface area contributed by atoms with Crippen LogP contribution in [0, 0.1) is 106 Å². The van der Waals surface area contributed by atoms with Gasteiger partial charge in [0, 0.05) is 39.0 Å². The van der Waals surface area contributed by atoms with Crippen molar-refractivity contribution in [3.8, 4) is 11.1 Å². The smallest absolute Gasteiger partial charge is 0.294 e. The van der Waals surface area contributed by atoms with Crippen molar-refractivity contribution in [1.29, 1.82) is 0 Å². The molecule has 0 spiro atoms. The molecule has 0 bridgehead atoms. The van der Waals surface area contributed by atoms with Crippen molar-refractivity contribution >= 4 is 21.9 Å². The average Bonchev–Trinajstić information content (AvgIpc) is 0.811. The van der Waals surface area contributed by atoms with Crippen LogP contribution in [-0.4, -0.2) is 29.9 Å². The van der Waals surface area contributed by atoms with Gasteiger partial charge in [-0.3, -0.25) is 4.18 Å². The molecule has 0 aliphatic carbocycles. The van der Waals surface area contributed by atoms with E-state index in [0.29, 0.717) is 5.41 Å². The molecule has 0 fully saturated rings. The molecule has 1 unspecified atom stereocenters. The summed E-state index contributed by atoms with van der Waals surface area (Å²) in [4.78, 5) is 0. The van der Waals surface area contributed by atoms with Gasteiger partial charge in [-0.2, -0.15) is 98.1 Å². The average molecular weight is 1440 g/mol. The third kappa shape index (κ3) is 53.7. The first kappa shape index (κ1) is 110. The quantitative estimate of drug-likeness (QED) is 0.127. The summed E-state index contributed by atoms with van der Waals surface area (Å²) in [7, 11) is 1.40. The maximum absolute atomic E-state index is 11.6. The second-order valence-corrected chi connectivity index (χ2v) is 26.5. The zero-order valence-electron chi connectivity index (χ0n) is 58.1. The molecule has 9 aromatic carbocycles. The maximum atomic E-state index is 11.6. The maximum Gasteiger partial charge on any atom is 0.402 e. The van der Waals surface area contributed by atoms with E-state index in [1.165, 1.54) is 108 Å². The molecule has 0 aliphatic rings. The minimum absolute atomic E-state index is 0. The Hall–Kier alpha value is -5.97. The second kappa shape index (κ2) is 54.9. The zero-order chi connectivity index (χ0) is 68.3. The Labute approximate surface area is 619 Å². The molecule has 1 atom stereocenters. The van der Waals surface area contributed by atoms with E-state index in [4.69, 9.17) is 0 Å². The molecule has 0 heterocycles. The first-order valence-corrected chi connectivity index (χ1v) is 31.2. The molecule has 10 heteroatoms. The van der Waals surface area contributed by atoms with Gasteiger partial charge in [-0.25, -0.2) is 4.21 Å². The number of hydrogen-bond acceptors (Lipinski definition) is 2. The van der Waals surface area contributed by atoms with Gasteiger partial charge in [-0.05, 0) is 121 Å². The number of rotatable bonds is 2. The summed E-state index contributed by atoms with van der Waals surface area (Å²) in [6.45, 7) is 41.0. The Balaban J connectivity index is -0.000000127. The van der Waals surface area contributed by atoms with Crippen molar-refractivity contribution in [2.45, 2.75) is 215 Å². The summed E-state index contributed by atoms with van der Waals surface area (Å²) in [5.74, 6) is 0. The normalized spacial score (nSPS) is 10.1. The van der Waals surface area contributed by atoms with E-state index in [1.54, 1.807) is 0 Å². The predicted octanol–water partition coefficient (Wildman–Crippen LogP) is 28.8. The zero-order valence-corrected chi connectivity index (χ0v) is 61.8. The predicted molar refractivity (Wildman–Crippen MR) is 420 cm³/mol. The van der Waals surface area contributed by atoms with Gasteiger partial charge in [0.25, 0.3) is 0 Å². The standard InChI is InChI=1S/C14H14.C12H12.C12H18.2C8H10.2C7H7.C5H6F6.C5H12.C2H6O2S.7CH4.Y/c1-11-3-7-13(8-4-11)14-9-5-12(2)6-10-14;1-9-3-5-12-8-10(2)4-6-11(12)7-9;1-9-6-10(2)8-11(7-9)12(3,4)5;1-7-3-5-8(2)6-4-7;1-7-4-3-5-8(2)6-7;2*1-7-5-3-2-4-6-7;1-3(2,4(6,7)8)5(9,10)11;1-5(2,3)4;1-4-5(2)3;;;;;;;;/h3-10H,1-2H3;3-8H,1-2H3;6-8H,1-5H3;2*3-6H,1-2H3;2*3-6H,1H3;1-2H3;1-4H3;1-2H3;7*1H4;/q;;;;;2*-1;;;;;;;;;;;. The van der Waals surface area contributed by atoms with Crippen LogP contribution in [0.4, 0.5) is 26.3 Å². The molecule has 0 saturated carbocycles. The fraction of sp³-hybridized carbons (Fsp3) is 0.402. The van der Waals surface area contributed by atoms with E-state index < -0.39 is 28.8 Å². The third-order valence-corrected chi connectivity index (χ3v) is 13.0. The summed E-state index contributed by atoms with van der Waals surface area (Å²) < 4.78 is 83.6. The Morgan fingerprint density at radius 1 is 0.330 bits per heavy atom. The largest absolute Gasteiger partial charge is 0.402 e. The van der Waals surface area contributed by atoms with Gasteiger partial charge in [0.05, 0.1) is 7.11 Å². The number of aryl methyl sites for hydroxylation is 12. The van der Waals surface area contributed by atoms with Gasteiger partial charge in [-0.15, -0.1) is 0 Å². The van der Waals surface area contributed by atoms with Crippen LogP contribution in [0.5, 0.6) is 0 Å². The molecule has 543 valence electrons.